The van der Waals surface area contributed by atoms with Gasteiger partial charge in [-0.05, 0) is 75.0 Å². The first-order valence-corrected chi connectivity index (χ1v) is 11.5. The molecule has 2 aromatic carbocycles. The lowest BCUT2D eigenvalue weighted by Crippen LogP contribution is -2.22. The van der Waals surface area contributed by atoms with Crippen molar-refractivity contribution in [2.75, 3.05) is 20.2 Å². The molecule has 0 spiro atoms. The molecule has 0 aliphatic carbocycles. The Morgan fingerprint density at radius 3 is 2.00 bits per heavy atom. The molecule has 190 valence electrons. The smallest absolute Gasteiger partial charge is 0.307 e. The highest BCUT2D eigenvalue weighted by Gasteiger charge is 2.23. The fraction of sp³-hybridized carbons (Fsp3) is 0.481. The maximum atomic E-state index is 14.5. The van der Waals surface area contributed by atoms with Gasteiger partial charge >= 0.3 is 5.97 Å². The number of halogens is 2. The molecule has 5 nitrogen and oxygen atoms in total. The summed E-state index contributed by atoms with van der Waals surface area (Å²) in [5.74, 6) is -1.50. The Morgan fingerprint density at radius 1 is 1.09 bits per heavy atom. The van der Waals surface area contributed by atoms with Crippen LogP contribution in [-0.4, -0.2) is 32.5 Å². The van der Waals surface area contributed by atoms with E-state index in [-0.39, 0.29) is 25.1 Å². The average molecular weight is 479 g/mol. The highest BCUT2D eigenvalue weighted by molar-refractivity contribution is 5.73. The summed E-state index contributed by atoms with van der Waals surface area (Å²) in [6.45, 7) is 14.5. The van der Waals surface area contributed by atoms with Crippen LogP contribution < -0.4 is 11.1 Å². The van der Waals surface area contributed by atoms with Crippen LogP contribution in [0.15, 0.2) is 24.3 Å². The number of aryl methyl sites for hydroxylation is 3. The molecular weight excluding hydrogens is 438 g/mol. The lowest BCUT2D eigenvalue weighted by Gasteiger charge is -2.19. The van der Waals surface area contributed by atoms with Gasteiger partial charge in [-0.3, -0.25) is 4.79 Å². The first kappa shape index (κ1) is 31.4. The van der Waals surface area contributed by atoms with Gasteiger partial charge in [-0.1, -0.05) is 38.5 Å². The maximum absolute atomic E-state index is 14.5. The predicted molar refractivity (Wildman–Crippen MR) is 135 cm³/mol. The molecule has 0 fully saturated rings. The fourth-order valence-corrected chi connectivity index (χ4v) is 3.40. The van der Waals surface area contributed by atoms with Gasteiger partial charge in [-0.15, -0.1) is 0 Å². The lowest BCUT2D eigenvalue weighted by atomic mass is 9.91. The summed E-state index contributed by atoms with van der Waals surface area (Å²) in [5.41, 5.74) is 9.35. The van der Waals surface area contributed by atoms with Crippen molar-refractivity contribution < 1.29 is 23.1 Å². The van der Waals surface area contributed by atoms with Crippen molar-refractivity contribution in [2.24, 2.45) is 11.7 Å². The summed E-state index contributed by atoms with van der Waals surface area (Å²) in [6, 6.07) is 6.17. The molecular formula is C27H40F2N2O3. The van der Waals surface area contributed by atoms with Crippen LogP contribution in [0.4, 0.5) is 8.78 Å². The number of hydrogen-bond acceptors (Lipinski definition) is 5. The Hall–Kier alpha value is -2.64. The van der Waals surface area contributed by atoms with E-state index in [1.165, 1.54) is 6.07 Å². The first-order valence-electron chi connectivity index (χ1n) is 11.5. The summed E-state index contributed by atoms with van der Waals surface area (Å²) >= 11 is 0. The number of esters is 1. The van der Waals surface area contributed by atoms with Crippen molar-refractivity contribution in [3.63, 3.8) is 0 Å². The minimum Gasteiger partial charge on any atom is -0.466 e. The van der Waals surface area contributed by atoms with Crippen molar-refractivity contribution in [2.45, 2.75) is 60.9 Å². The SMILES string of the molecule is CC(C)C.CCOC(=O)CC(NC)c1cc(-c2c(C)cc(C)cc2C)cc(F)c1F.NCC=O. The molecule has 2 rings (SSSR count). The molecule has 7 heteroatoms. The minimum absolute atomic E-state index is 0.0734. The molecule has 3 N–H and O–H groups in total. The monoisotopic (exact) mass is 478 g/mol. The molecule has 2 aromatic rings. The van der Waals surface area contributed by atoms with E-state index in [9.17, 15) is 13.6 Å². The number of nitrogens with two attached hydrogens (primary N) is 1. The first-order chi connectivity index (χ1) is 15.9. The molecule has 0 amide bonds. The van der Waals surface area contributed by atoms with Crippen LogP contribution in [0.2, 0.25) is 0 Å². The van der Waals surface area contributed by atoms with Crippen molar-refractivity contribution in [3.8, 4) is 11.1 Å². The van der Waals surface area contributed by atoms with Gasteiger partial charge < -0.3 is 20.6 Å². The Kier molecular flexibility index (Phi) is 14.8. The van der Waals surface area contributed by atoms with E-state index in [1.54, 1.807) is 20.0 Å². The van der Waals surface area contributed by atoms with E-state index in [2.05, 4.69) is 31.8 Å². The van der Waals surface area contributed by atoms with Crippen molar-refractivity contribution in [3.05, 3.63) is 58.2 Å². The number of carbonyl (C=O) groups excluding carboxylic acids is 2. The molecule has 0 saturated heterocycles. The molecule has 0 heterocycles. The van der Waals surface area contributed by atoms with Gasteiger partial charge in [-0.2, -0.15) is 0 Å². The van der Waals surface area contributed by atoms with Gasteiger partial charge in [-0.25, -0.2) is 8.78 Å². The third kappa shape index (κ3) is 10.5. The van der Waals surface area contributed by atoms with Crippen LogP contribution in [0.25, 0.3) is 11.1 Å². The van der Waals surface area contributed by atoms with Gasteiger partial charge in [0.15, 0.2) is 11.6 Å². The van der Waals surface area contributed by atoms with Crippen LogP contribution >= 0.6 is 0 Å². The zero-order valence-corrected chi connectivity index (χ0v) is 21.7. The van der Waals surface area contributed by atoms with Crippen molar-refractivity contribution >= 4 is 12.3 Å². The van der Waals surface area contributed by atoms with Crippen molar-refractivity contribution in [1.29, 1.82) is 0 Å². The average Bonchev–Trinajstić information content (AvgIpc) is 2.73. The molecule has 0 aromatic heterocycles. The molecule has 0 aliphatic heterocycles. The summed E-state index contributed by atoms with van der Waals surface area (Å²) < 4.78 is 33.7. The molecule has 1 atom stereocenters. The zero-order valence-electron chi connectivity index (χ0n) is 21.7. The summed E-state index contributed by atoms with van der Waals surface area (Å²) in [4.78, 5) is 20.9. The van der Waals surface area contributed by atoms with Gasteiger partial charge in [0.2, 0.25) is 0 Å². The highest BCUT2D eigenvalue weighted by Crippen LogP contribution is 2.33. The quantitative estimate of drug-likeness (QED) is 0.401. The fourth-order valence-electron chi connectivity index (χ4n) is 3.40. The molecule has 0 saturated carbocycles. The third-order valence-electron chi connectivity index (χ3n) is 4.52. The van der Waals surface area contributed by atoms with Gasteiger partial charge in [0, 0.05) is 18.2 Å². The number of hydrogen-bond donors (Lipinski definition) is 2. The molecule has 0 radical (unpaired) electrons. The molecule has 1 unspecified atom stereocenters. The van der Waals surface area contributed by atoms with Crippen LogP contribution in [0.5, 0.6) is 0 Å². The Morgan fingerprint density at radius 2 is 1.59 bits per heavy atom. The molecule has 34 heavy (non-hydrogen) atoms. The van der Waals surface area contributed by atoms with E-state index < -0.39 is 23.6 Å². The van der Waals surface area contributed by atoms with E-state index in [1.807, 2.05) is 32.9 Å². The van der Waals surface area contributed by atoms with Crippen molar-refractivity contribution in [1.82, 2.24) is 5.32 Å². The lowest BCUT2D eigenvalue weighted by molar-refractivity contribution is -0.143. The van der Waals surface area contributed by atoms with Crippen LogP contribution in [0, 0.1) is 38.3 Å². The Labute approximate surface area is 203 Å². The number of aldehydes is 1. The number of benzene rings is 2. The van der Waals surface area contributed by atoms with E-state index >= 15 is 0 Å². The second kappa shape index (κ2) is 16.1. The normalized spacial score (nSPS) is 11.1. The second-order valence-corrected chi connectivity index (χ2v) is 8.62. The summed E-state index contributed by atoms with van der Waals surface area (Å²) in [5, 5.41) is 2.89. The Balaban J connectivity index is 0.00000118. The summed E-state index contributed by atoms with van der Waals surface area (Å²) in [6.07, 6.45) is 0.579. The summed E-state index contributed by atoms with van der Waals surface area (Å²) in [7, 11) is 1.61. The largest absolute Gasteiger partial charge is 0.466 e. The Bertz CT molecular complexity index is 905. The van der Waals surface area contributed by atoms with E-state index in [0.717, 1.165) is 28.2 Å². The van der Waals surface area contributed by atoms with E-state index in [4.69, 9.17) is 9.53 Å². The second-order valence-electron chi connectivity index (χ2n) is 8.62. The third-order valence-corrected chi connectivity index (χ3v) is 4.52. The zero-order chi connectivity index (χ0) is 26.4. The maximum Gasteiger partial charge on any atom is 0.307 e. The van der Waals surface area contributed by atoms with Crippen LogP contribution in [0.1, 0.15) is 62.4 Å². The topological polar surface area (TPSA) is 81.4 Å². The van der Waals surface area contributed by atoms with E-state index in [0.29, 0.717) is 11.8 Å². The highest BCUT2D eigenvalue weighted by atomic mass is 19.2. The van der Waals surface area contributed by atoms with Crippen LogP contribution in [0.3, 0.4) is 0 Å². The van der Waals surface area contributed by atoms with Gasteiger partial charge in [0.1, 0.15) is 6.29 Å². The predicted octanol–water partition coefficient (Wildman–Crippen LogP) is 5.58. The standard InChI is InChI=1S/C21H25F2NO2.C4H10.C2H5NO/c1-6-26-19(25)11-18(24-5)16-9-15(10-17(22)21(16)23)20-13(3)7-12(2)8-14(20)4;1-4(2)3;3-1-2-4/h7-10,18,24H,6,11H2,1-5H3;4H,1-3H3;2H,1,3H2. The molecule has 0 aliphatic rings. The number of carbonyl (C=O) groups is 2. The number of rotatable bonds is 7. The van der Waals surface area contributed by atoms with Crippen LogP contribution in [-0.2, 0) is 14.3 Å². The number of nitrogens with one attached hydrogen (secondary N) is 1. The molecule has 0 bridgehead atoms. The van der Waals surface area contributed by atoms with Gasteiger partial charge in [0.05, 0.1) is 13.0 Å². The minimum atomic E-state index is -0.945. The number of ether oxygens (including phenoxy) is 1. The van der Waals surface area contributed by atoms with Gasteiger partial charge in [0.25, 0.3) is 0 Å².